The van der Waals surface area contributed by atoms with Crippen molar-refractivity contribution >= 4 is 22.4 Å². The Bertz CT molecular complexity index is 511. The Morgan fingerprint density at radius 1 is 1.37 bits per heavy atom. The first kappa shape index (κ1) is 18.0. The van der Waals surface area contributed by atoms with E-state index in [1.54, 1.807) is 10.8 Å². The number of nitrogens with one attached hydrogen (secondary N) is 1. The summed E-state index contributed by atoms with van der Waals surface area (Å²) in [6, 6.07) is 5.74. The molecule has 0 amide bonds. The summed E-state index contributed by atoms with van der Waals surface area (Å²) in [5, 5.41) is 0. The lowest BCUT2D eigenvalue weighted by Gasteiger charge is -2.15. The molecule has 0 radical (unpaired) electrons. The number of methoxy groups -OCH3 is 1. The van der Waals surface area contributed by atoms with Crippen LogP contribution in [-0.2, 0) is 10.0 Å². The van der Waals surface area contributed by atoms with Gasteiger partial charge in [0.1, 0.15) is 10.6 Å². The molecule has 1 aromatic rings. The fraction of sp³-hybridized carbons (Fsp3) is 0.400. The van der Waals surface area contributed by atoms with Crippen molar-refractivity contribution in [1.29, 1.82) is 0 Å². The van der Waals surface area contributed by atoms with E-state index in [0.29, 0.717) is 0 Å². The van der Waals surface area contributed by atoms with E-state index >= 15 is 0 Å². The Kier molecular flexibility index (Phi) is 6.64. The first-order valence-electron chi connectivity index (χ1n) is 5.03. The van der Waals surface area contributed by atoms with Gasteiger partial charge in [-0.15, -0.1) is 12.4 Å². The third kappa shape index (κ3) is 4.90. The predicted octanol–water partition coefficient (Wildman–Crippen LogP) is 0.989. The van der Waals surface area contributed by atoms with Gasteiger partial charge in [-0.3, -0.25) is 0 Å². The Labute approximate surface area is 116 Å². The van der Waals surface area contributed by atoms with E-state index in [4.69, 9.17) is 10.5 Å². The van der Waals surface area contributed by atoms with Crippen LogP contribution in [0.15, 0.2) is 29.2 Å². The number of nitrogens with two attached hydrogens (primary N) is 1. The third-order valence-corrected chi connectivity index (χ3v) is 3.62. The number of rotatable bonds is 6. The quantitative estimate of drug-likeness (QED) is 0.820. The average Bonchev–Trinajstić information content (AvgIpc) is 2.37. The maximum absolute atomic E-state index is 12.9. The lowest BCUT2D eigenvalue weighted by atomic mass is 10.3. The minimum absolute atomic E-state index is 0. The van der Waals surface area contributed by atoms with E-state index < -0.39 is 29.0 Å². The molecule has 3 N–H and O–H groups in total. The summed E-state index contributed by atoms with van der Waals surface area (Å²) in [7, 11) is -2.76. The van der Waals surface area contributed by atoms with Crippen molar-refractivity contribution in [3.63, 3.8) is 0 Å². The van der Waals surface area contributed by atoms with E-state index in [1.807, 2.05) is 0 Å². The van der Waals surface area contributed by atoms with Gasteiger partial charge in [0.25, 0.3) is 5.92 Å². The highest BCUT2D eigenvalue weighted by Crippen LogP contribution is 2.23. The van der Waals surface area contributed by atoms with E-state index in [1.165, 1.54) is 25.3 Å². The van der Waals surface area contributed by atoms with Gasteiger partial charge in [-0.25, -0.2) is 21.9 Å². The second kappa shape index (κ2) is 6.99. The van der Waals surface area contributed by atoms with Gasteiger partial charge in [0, 0.05) is 0 Å². The van der Waals surface area contributed by atoms with Crippen LogP contribution in [0.2, 0.25) is 0 Å². The van der Waals surface area contributed by atoms with Crippen molar-refractivity contribution < 1.29 is 21.9 Å². The largest absolute Gasteiger partial charge is 0.495 e. The maximum atomic E-state index is 12.9. The Morgan fingerprint density at radius 2 is 1.95 bits per heavy atom. The van der Waals surface area contributed by atoms with Crippen molar-refractivity contribution in [3.8, 4) is 5.75 Å². The van der Waals surface area contributed by atoms with Crippen molar-refractivity contribution in [2.75, 3.05) is 20.2 Å². The lowest BCUT2D eigenvalue weighted by Crippen LogP contribution is -2.41. The Hall–Kier alpha value is -0.960. The average molecular weight is 317 g/mol. The maximum Gasteiger partial charge on any atom is 0.273 e. The highest BCUT2D eigenvalue weighted by molar-refractivity contribution is 7.89. The van der Waals surface area contributed by atoms with Crippen LogP contribution in [0.4, 0.5) is 8.78 Å². The van der Waals surface area contributed by atoms with Crippen LogP contribution in [0.3, 0.4) is 0 Å². The highest BCUT2D eigenvalue weighted by Gasteiger charge is 2.30. The molecule has 5 nitrogen and oxygen atoms in total. The molecule has 0 spiro atoms. The number of sulfonamides is 1. The molecule has 0 aliphatic heterocycles. The fourth-order valence-corrected chi connectivity index (χ4v) is 2.42. The van der Waals surface area contributed by atoms with Crippen LogP contribution in [0.5, 0.6) is 5.75 Å². The molecule has 0 saturated carbocycles. The molecule has 0 aliphatic carbocycles. The van der Waals surface area contributed by atoms with Gasteiger partial charge in [-0.05, 0) is 12.1 Å². The molecule has 1 rings (SSSR count). The molecule has 1 aromatic carbocycles. The standard InChI is InChI=1S/C10H14F2N2O3S.ClH/c1-17-8-4-2-3-5-9(8)18(15,16)14-7-10(11,12)6-13;/h2-5,14H,6-7,13H2,1H3;1H. The minimum Gasteiger partial charge on any atom is -0.495 e. The van der Waals surface area contributed by atoms with Crippen molar-refractivity contribution in [2.45, 2.75) is 10.8 Å². The normalized spacial score (nSPS) is 11.8. The van der Waals surface area contributed by atoms with Crippen LogP contribution in [-0.4, -0.2) is 34.5 Å². The van der Waals surface area contributed by atoms with Gasteiger partial charge >= 0.3 is 0 Å². The molecule has 0 unspecified atom stereocenters. The van der Waals surface area contributed by atoms with Gasteiger partial charge in [-0.1, -0.05) is 12.1 Å². The summed E-state index contributed by atoms with van der Waals surface area (Å²) in [4.78, 5) is -0.194. The first-order chi connectivity index (χ1) is 8.32. The van der Waals surface area contributed by atoms with E-state index in [0.717, 1.165) is 0 Å². The zero-order chi connectivity index (χ0) is 13.8. The molecular weight excluding hydrogens is 302 g/mol. The zero-order valence-electron chi connectivity index (χ0n) is 10.1. The van der Waals surface area contributed by atoms with Gasteiger partial charge in [0.15, 0.2) is 0 Å². The second-order valence-electron chi connectivity index (χ2n) is 3.54. The number of hydrogen-bond acceptors (Lipinski definition) is 4. The van der Waals surface area contributed by atoms with Crippen molar-refractivity contribution in [1.82, 2.24) is 4.72 Å². The SMILES string of the molecule is COc1ccccc1S(=O)(=O)NCC(F)(F)CN.Cl. The topological polar surface area (TPSA) is 81.4 Å². The van der Waals surface area contributed by atoms with Crippen LogP contribution in [0.25, 0.3) is 0 Å². The smallest absolute Gasteiger partial charge is 0.273 e. The molecule has 110 valence electrons. The molecule has 0 aliphatic rings. The molecule has 0 saturated heterocycles. The van der Waals surface area contributed by atoms with Gasteiger partial charge in [-0.2, -0.15) is 0 Å². The molecule has 0 heterocycles. The molecule has 0 bridgehead atoms. The fourth-order valence-electron chi connectivity index (χ4n) is 1.19. The minimum atomic E-state index is -4.06. The highest BCUT2D eigenvalue weighted by atomic mass is 35.5. The molecular formula is C10H15ClF2N2O3S. The second-order valence-corrected chi connectivity index (χ2v) is 5.27. The van der Waals surface area contributed by atoms with Gasteiger partial charge < -0.3 is 10.5 Å². The van der Waals surface area contributed by atoms with Crippen LogP contribution in [0, 0.1) is 0 Å². The van der Waals surface area contributed by atoms with Gasteiger partial charge in [0.2, 0.25) is 10.0 Å². The van der Waals surface area contributed by atoms with Gasteiger partial charge in [0.05, 0.1) is 20.2 Å². The summed E-state index contributed by atoms with van der Waals surface area (Å²) in [5.74, 6) is -3.20. The Morgan fingerprint density at radius 3 is 2.47 bits per heavy atom. The number of para-hydroxylation sites is 1. The van der Waals surface area contributed by atoms with Crippen LogP contribution >= 0.6 is 12.4 Å². The number of ether oxygens (including phenoxy) is 1. The number of hydrogen-bond donors (Lipinski definition) is 2. The van der Waals surface area contributed by atoms with Crippen molar-refractivity contribution in [3.05, 3.63) is 24.3 Å². The Balaban J connectivity index is 0.00000324. The molecule has 9 heteroatoms. The molecule has 0 atom stereocenters. The van der Waals surface area contributed by atoms with Crippen molar-refractivity contribution in [2.24, 2.45) is 5.73 Å². The van der Waals surface area contributed by atoms with Crippen LogP contribution < -0.4 is 15.2 Å². The van der Waals surface area contributed by atoms with E-state index in [-0.39, 0.29) is 23.1 Å². The molecule has 19 heavy (non-hydrogen) atoms. The monoisotopic (exact) mass is 316 g/mol. The first-order valence-corrected chi connectivity index (χ1v) is 6.51. The zero-order valence-corrected chi connectivity index (χ0v) is 11.7. The number of halogens is 3. The summed E-state index contributed by atoms with van der Waals surface area (Å²) >= 11 is 0. The predicted molar refractivity (Wildman–Crippen MR) is 69.4 cm³/mol. The lowest BCUT2D eigenvalue weighted by molar-refractivity contribution is 0.0170. The third-order valence-electron chi connectivity index (χ3n) is 2.18. The molecule has 0 aromatic heterocycles. The number of benzene rings is 1. The number of alkyl halides is 2. The summed E-state index contributed by atoms with van der Waals surface area (Å²) < 4.78 is 56.1. The summed E-state index contributed by atoms with van der Waals surface area (Å²) in [6.07, 6.45) is 0. The summed E-state index contributed by atoms with van der Waals surface area (Å²) in [6.45, 7) is -1.98. The summed E-state index contributed by atoms with van der Waals surface area (Å²) in [5.41, 5.74) is 4.82. The van der Waals surface area contributed by atoms with E-state index in [2.05, 4.69) is 0 Å². The molecule has 0 fully saturated rings. The van der Waals surface area contributed by atoms with E-state index in [9.17, 15) is 17.2 Å². The van der Waals surface area contributed by atoms with Crippen LogP contribution in [0.1, 0.15) is 0 Å².